The molecule has 0 aromatic carbocycles. The Morgan fingerprint density at radius 3 is 2.50 bits per heavy atom. The lowest BCUT2D eigenvalue weighted by Crippen LogP contribution is -2.35. The fourth-order valence-electron chi connectivity index (χ4n) is 4.50. The standard InChI is InChI=1S/C14H26.C2H2/c1-4-6-12-8-9-13-11(2)7-5-10-14(12,13)3;1-2/h11-13H,4-10H2,1-3H3;1-2H. The highest BCUT2D eigenvalue weighted by molar-refractivity contribution is 4.98. The molecule has 0 bridgehead atoms. The summed E-state index contributed by atoms with van der Waals surface area (Å²) in [6, 6.07) is 0. The zero-order valence-corrected chi connectivity index (χ0v) is 11.3. The molecule has 2 fully saturated rings. The lowest BCUT2D eigenvalue weighted by Gasteiger charge is -2.44. The van der Waals surface area contributed by atoms with Gasteiger partial charge in [0.25, 0.3) is 0 Å². The number of hydrogen-bond acceptors (Lipinski definition) is 0. The summed E-state index contributed by atoms with van der Waals surface area (Å²) in [5.41, 5.74) is 0.730. The van der Waals surface area contributed by atoms with Crippen LogP contribution in [0.3, 0.4) is 0 Å². The van der Waals surface area contributed by atoms with Crippen molar-refractivity contribution in [1.82, 2.24) is 0 Å². The van der Waals surface area contributed by atoms with Crippen LogP contribution in [0.4, 0.5) is 0 Å². The van der Waals surface area contributed by atoms with E-state index in [1.165, 1.54) is 44.9 Å². The largest absolute Gasteiger partial charge is 0.124 e. The third-order valence-electron chi connectivity index (χ3n) is 5.30. The Morgan fingerprint density at radius 2 is 1.88 bits per heavy atom. The molecular formula is C16H28. The Kier molecular flexibility index (Phi) is 4.90. The molecule has 0 aromatic heterocycles. The molecule has 0 saturated heterocycles. The topological polar surface area (TPSA) is 0 Å². The van der Waals surface area contributed by atoms with E-state index in [9.17, 15) is 0 Å². The second-order valence-corrected chi connectivity index (χ2v) is 6.04. The third-order valence-corrected chi connectivity index (χ3v) is 5.30. The normalized spacial score (nSPS) is 41.9. The highest BCUT2D eigenvalue weighted by Gasteiger charge is 2.49. The minimum Gasteiger partial charge on any atom is -0.124 e. The predicted octanol–water partition coefficient (Wildman–Crippen LogP) is 4.89. The van der Waals surface area contributed by atoms with Crippen molar-refractivity contribution in [3.8, 4) is 12.8 Å². The van der Waals surface area contributed by atoms with Crippen LogP contribution in [-0.4, -0.2) is 0 Å². The Bertz CT molecular complexity index is 227. The van der Waals surface area contributed by atoms with Crippen molar-refractivity contribution >= 4 is 0 Å². The summed E-state index contributed by atoms with van der Waals surface area (Å²) in [4.78, 5) is 0. The summed E-state index contributed by atoms with van der Waals surface area (Å²) in [5.74, 6) is 3.13. The van der Waals surface area contributed by atoms with Crippen LogP contribution in [0.25, 0.3) is 0 Å². The molecule has 2 aliphatic carbocycles. The molecule has 92 valence electrons. The van der Waals surface area contributed by atoms with Crippen LogP contribution in [0.2, 0.25) is 0 Å². The molecule has 0 spiro atoms. The highest BCUT2D eigenvalue weighted by atomic mass is 14.5. The molecule has 0 heteroatoms. The van der Waals surface area contributed by atoms with E-state index in [1.807, 2.05) is 0 Å². The van der Waals surface area contributed by atoms with Crippen molar-refractivity contribution in [3.05, 3.63) is 0 Å². The van der Waals surface area contributed by atoms with Crippen molar-refractivity contribution in [2.75, 3.05) is 0 Å². The SMILES string of the molecule is C#C.CCCC1CCC2C(C)CCCC12C. The highest BCUT2D eigenvalue weighted by Crippen LogP contribution is 2.58. The first-order valence-electron chi connectivity index (χ1n) is 7.02. The van der Waals surface area contributed by atoms with Crippen LogP contribution in [0.5, 0.6) is 0 Å². The summed E-state index contributed by atoms with van der Waals surface area (Å²) < 4.78 is 0. The minimum atomic E-state index is 0.730. The molecule has 2 aliphatic rings. The van der Waals surface area contributed by atoms with E-state index in [2.05, 4.69) is 33.6 Å². The maximum atomic E-state index is 4.00. The van der Waals surface area contributed by atoms with Gasteiger partial charge in [-0.1, -0.05) is 46.5 Å². The van der Waals surface area contributed by atoms with Gasteiger partial charge in [0.2, 0.25) is 0 Å². The minimum absolute atomic E-state index is 0.730. The molecule has 0 aromatic rings. The fourth-order valence-corrected chi connectivity index (χ4v) is 4.50. The summed E-state index contributed by atoms with van der Waals surface area (Å²) >= 11 is 0. The first-order valence-corrected chi connectivity index (χ1v) is 7.02. The van der Waals surface area contributed by atoms with E-state index in [4.69, 9.17) is 0 Å². The number of fused-ring (bicyclic) bond motifs is 1. The third kappa shape index (κ3) is 2.29. The number of terminal acetylenes is 1. The molecule has 2 saturated carbocycles. The molecular weight excluding hydrogens is 192 g/mol. The molecule has 0 aliphatic heterocycles. The van der Waals surface area contributed by atoms with Gasteiger partial charge in [-0.2, -0.15) is 0 Å². The van der Waals surface area contributed by atoms with Gasteiger partial charge >= 0.3 is 0 Å². The van der Waals surface area contributed by atoms with E-state index in [-0.39, 0.29) is 0 Å². The van der Waals surface area contributed by atoms with Gasteiger partial charge < -0.3 is 0 Å². The molecule has 0 nitrogen and oxygen atoms in total. The second kappa shape index (κ2) is 5.76. The van der Waals surface area contributed by atoms with Gasteiger partial charge in [0, 0.05) is 0 Å². The molecule has 4 atom stereocenters. The average Bonchev–Trinajstić information content (AvgIpc) is 2.61. The van der Waals surface area contributed by atoms with Crippen LogP contribution in [-0.2, 0) is 0 Å². The van der Waals surface area contributed by atoms with Crippen molar-refractivity contribution in [2.45, 2.75) is 65.7 Å². The Labute approximate surface area is 102 Å². The van der Waals surface area contributed by atoms with Gasteiger partial charge in [-0.3, -0.25) is 0 Å². The van der Waals surface area contributed by atoms with Gasteiger partial charge in [0.15, 0.2) is 0 Å². The van der Waals surface area contributed by atoms with Gasteiger partial charge in [-0.05, 0) is 42.4 Å². The predicted molar refractivity (Wildman–Crippen MR) is 72.1 cm³/mol. The first-order chi connectivity index (χ1) is 7.68. The van der Waals surface area contributed by atoms with Gasteiger partial charge in [0.1, 0.15) is 0 Å². The Hall–Kier alpha value is -0.440. The van der Waals surface area contributed by atoms with E-state index >= 15 is 0 Å². The van der Waals surface area contributed by atoms with E-state index in [1.54, 1.807) is 0 Å². The number of hydrogen-bond donors (Lipinski definition) is 0. The number of rotatable bonds is 2. The van der Waals surface area contributed by atoms with Gasteiger partial charge in [-0.25, -0.2) is 0 Å². The van der Waals surface area contributed by atoms with Crippen molar-refractivity contribution in [1.29, 1.82) is 0 Å². The summed E-state index contributed by atoms with van der Waals surface area (Å²) in [5, 5.41) is 0. The molecule has 0 amide bonds. The maximum Gasteiger partial charge on any atom is -0.0267 e. The lowest BCUT2D eigenvalue weighted by atomic mass is 9.61. The van der Waals surface area contributed by atoms with Gasteiger partial charge in [0.05, 0.1) is 0 Å². The lowest BCUT2D eigenvalue weighted by molar-refractivity contribution is 0.0554. The molecule has 0 N–H and O–H groups in total. The second-order valence-electron chi connectivity index (χ2n) is 6.04. The summed E-state index contributed by atoms with van der Waals surface area (Å²) in [6.45, 7) is 7.44. The Balaban J connectivity index is 0.000000606. The van der Waals surface area contributed by atoms with Crippen molar-refractivity contribution < 1.29 is 0 Å². The van der Waals surface area contributed by atoms with Crippen LogP contribution >= 0.6 is 0 Å². The van der Waals surface area contributed by atoms with Gasteiger partial charge in [-0.15, -0.1) is 12.8 Å². The average molecular weight is 220 g/mol. The van der Waals surface area contributed by atoms with Crippen molar-refractivity contribution in [3.63, 3.8) is 0 Å². The molecule has 0 heterocycles. The zero-order valence-electron chi connectivity index (χ0n) is 11.3. The van der Waals surface area contributed by atoms with Crippen LogP contribution in [0.15, 0.2) is 0 Å². The summed E-state index contributed by atoms with van der Waals surface area (Å²) in [6.07, 6.45) is 18.4. The molecule has 4 unspecified atom stereocenters. The molecule has 16 heavy (non-hydrogen) atoms. The summed E-state index contributed by atoms with van der Waals surface area (Å²) in [7, 11) is 0. The van der Waals surface area contributed by atoms with E-state index in [0.29, 0.717) is 0 Å². The zero-order chi connectivity index (χ0) is 12.2. The van der Waals surface area contributed by atoms with Crippen molar-refractivity contribution in [2.24, 2.45) is 23.2 Å². The van der Waals surface area contributed by atoms with Crippen LogP contribution < -0.4 is 0 Å². The van der Waals surface area contributed by atoms with Crippen LogP contribution in [0.1, 0.15) is 65.7 Å². The fraction of sp³-hybridized carbons (Fsp3) is 0.875. The molecule has 2 rings (SSSR count). The maximum absolute atomic E-state index is 4.00. The van der Waals surface area contributed by atoms with Crippen LogP contribution in [0, 0.1) is 36.0 Å². The molecule has 0 radical (unpaired) electrons. The van der Waals surface area contributed by atoms with E-state index < -0.39 is 0 Å². The van der Waals surface area contributed by atoms with E-state index in [0.717, 1.165) is 23.2 Å². The quantitative estimate of drug-likeness (QED) is 0.581. The smallest absolute Gasteiger partial charge is 0.0267 e. The Morgan fingerprint density at radius 1 is 1.19 bits per heavy atom. The monoisotopic (exact) mass is 220 g/mol. The first kappa shape index (κ1) is 13.6.